The molecule has 1 aromatic carbocycles. The van der Waals surface area contributed by atoms with Gasteiger partial charge in [0.05, 0.1) is 11.7 Å². The highest BCUT2D eigenvalue weighted by atomic mass is 19.1. The monoisotopic (exact) mass is 238 g/mol. The summed E-state index contributed by atoms with van der Waals surface area (Å²) < 4.78 is 28.0. The topological polar surface area (TPSA) is 55.9 Å². The van der Waals surface area contributed by atoms with E-state index in [2.05, 4.69) is 10.5 Å². The van der Waals surface area contributed by atoms with Gasteiger partial charge in [-0.25, -0.2) is 14.2 Å². The Labute approximate surface area is 97.0 Å². The molecule has 0 bridgehead atoms. The van der Waals surface area contributed by atoms with Crippen LogP contribution in [0.15, 0.2) is 30.5 Å². The second-order valence-corrected chi connectivity index (χ2v) is 3.68. The van der Waals surface area contributed by atoms with E-state index in [0.717, 1.165) is 6.07 Å². The first-order valence-corrected chi connectivity index (χ1v) is 5.02. The van der Waals surface area contributed by atoms with E-state index in [1.54, 1.807) is 24.0 Å². The van der Waals surface area contributed by atoms with E-state index in [4.69, 9.17) is 5.84 Å². The fourth-order valence-corrected chi connectivity index (χ4v) is 1.66. The van der Waals surface area contributed by atoms with Gasteiger partial charge in [-0.05, 0) is 12.1 Å². The molecular formula is C11H12F2N4. The maximum atomic E-state index is 13.6. The Hall–Kier alpha value is -1.79. The highest BCUT2D eigenvalue weighted by molar-refractivity contribution is 5.28. The van der Waals surface area contributed by atoms with E-state index in [1.807, 2.05) is 0 Å². The third-order valence-corrected chi connectivity index (χ3v) is 2.47. The van der Waals surface area contributed by atoms with Crippen molar-refractivity contribution in [2.24, 2.45) is 12.9 Å². The van der Waals surface area contributed by atoms with E-state index in [0.29, 0.717) is 5.69 Å². The summed E-state index contributed by atoms with van der Waals surface area (Å²) >= 11 is 0. The molecule has 0 amide bonds. The molecule has 2 aromatic rings. The molecule has 4 nitrogen and oxygen atoms in total. The molecule has 0 spiro atoms. The molecular weight excluding hydrogens is 226 g/mol. The molecule has 17 heavy (non-hydrogen) atoms. The Morgan fingerprint density at radius 1 is 1.35 bits per heavy atom. The summed E-state index contributed by atoms with van der Waals surface area (Å²) in [5.74, 6) is 4.12. The van der Waals surface area contributed by atoms with Crippen LogP contribution >= 0.6 is 0 Å². The van der Waals surface area contributed by atoms with Crippen molar-refractivity contribution in [2.45, 2.75) is 6.04 Å². The van der Waals surface area contributed by atoms with Crippen molar-refractivity contribution in [1.29, 1.82) is 0 Å². The molecule has 0 radical (unpaired) electrons. The van der Waals surface area contributed by atoms with Crippen LogP contribution in [0.2, 0.25) is 0 Å². The van der Waals surface area contributed by atoms with Gasteiger partial charge in [0.15, 0.2) is 0 Å². The highest BCUT2D eigenvalue weighted by Gasteiger charge is 2.19. The molecule has 1 aromatic heterocycles. The second kappa shape index (κ2) is 4.60. The Bertz CT molecular complexity index is 524. The summed E-state index contributed by atoms with van der Waals surface area (Å²) in [7, 11) is 1.75. The minimum atomic E-state index is -0.654. The molecule has 0 aliphatic rings. The summed E-state index contributed by atoms with van der Waals surface area (Å²) in [6.45, 7) is 0. The largest absolute Gasteiger partial charge is 0.275 e. The number of aromatic nitrogens is 2. The zero-order valence-electron chi connectivity index (χ0n) is 9.19. The third kappa shape index (κ3) is 2.32. The van der Waals surface area contributed by atoms with Crippen molar-refractivity contribution < 1.29 is 8.78 Å². The zero-order chi connectivity index (χ0) is 12.4. The van der Waals surface area contributed by atoms with Gasteiger partial charge >= 0.3 is 0 Å². The van der Waals surface area contributed by atoms with Gasteiger partial charge in [-0.2, -0.15) is 5.10 Å². The van der Waals surface area contributed by atoms with Crippen molar-refractivity contribution in [3.63, 3.8) is 0 Å². The fraction of sp³-hybridized carbons (Fsp3) is 0.182. The third-order valence-electron chi connectivity index (χ3n) is 2.47. The van der Waals surface area contributed by atoms with Gasteiger partial charge in [-0.1, -0.05) is 6.07 Å². The van der Waals surface area contributed by atoms with E-state index >= 15 is 0 Å². The van der Waals surface area contributed by atoms with Crippen LogP contribution in [-0.2, 0) is 7.05 Å². The molecule has 6 heteroatoms. The number of benzene rings is 1. The minimum absolute atomic E-state index is 0.257. The molecule has 1 unspecified atom stereocenters. The first kappa shape index (κ1) is 11.7. The normalized spacial score (nSPS) is 12.7. The van der Waals surface area contributed by atoms with Crippen LogP contribution in [0.5, 0.6) is 0 Å². The summed E-state index contributed by atoms with van der Waals surface area (Å²) in [6.07, 6.45) is 1.72. The van der Waals surface area contributed by atoms with E-state index in [1.165, 1.54) is 12.1 Å². The molecule has 0 saturated carbocycles. The first-order valence-electron chi connectivity index (χ1n) is 5.02. The van der Waals surface area contributed by atoms with Gasteiger partial charge < -0.3 is 0 Å². The van der Waals surface area contributed by atoms with Gasteiger partial charge in [0.1, 0.15) is 11.6 Å². The second-order valence-electron chi connectivity index (χ2n) is 3.68. The number of nitrogens with one attached hydrogen (secondary N) is 1. The van der Waals surface area contributed by atoms with Crippen LogP contribution < -0.4 is 11.3 Å². The standard InChI is InChI=1S/C11H12F2N4/c1-17-5-4-10(16-17)11(15-14)8-3-2-7(12)6-9(8)13/h2-6,11,15H,14H2,1H3. The van der Waals surface area contributed by atoms with Crippen molar-refractivity contribution in [1.82, 2.24) is 15.2 Å². The van der Waals surface area contributed by atoms with Crippen molar-refractivity contribution in [2.75, 3.05) is 0 Å². The lowest BCUT2D eigenvalue weighted by Gasteiger charge is -2.14. The molecule has 1 atom stereocenters. The number of hydrogen-bond acceptors (Lipinski definition) is 3. The van der Waals surface area contributed by atoms with Gasteiger partial charge in [-0.3, -0.25) is 10.5 Å². The van der Waals surface area contributed by atoms with Crippen molar-refractivity contribution in [3.05, 3.63) is 53.4 Å². The predicted octanol–water partition coefficient (Wildman–Crippen LogP) is 1.25. The van der Waals surface area contributed by atoms with E-state index in [-0.39, 0.29) is 5.56 Å². The summed E-state index contributed by atoms with van der Waals surface area (Å²) in [5.41, 5.74) is 3.30. The SMILES string of the molecule is Cn1ccc(C(NN)c2ccc(F)cc2F)n1. The summed E-state index contributed by atoms with van der Waals surface area (Å²) in [5, 5.41) is 4.14. The molecule has 2 rings (SSSR count). The average Bonchev–Trinajstić information content (AvgIpc) is 2.69. The quantitative estimate of drug-likeness (QED) is 0.625. The Morgan fingerprint density at radius 3 is 2.65 bits per heavy atom. The summed E-state index contributed by atoms with van der Waals surface area (Å²) in [4.78, 5) is 0. The molecule has 1 heterocycles. The Balaban J connectivity index is 2.42. The lowest BCUT2D eigenvalue weighted by molar-refractivity contribution is 0.532. The smallest absolute Gasteiger partial charge is 0.131 e. The number of hydrogen-bond donors (Lipinski definition) is 2. The highest BCUT2D eigenvalue weighted by Crippen LogP contribution is 2.22. The summed E-state index contributed by atoms with van der Waals surface area (Å²) in [6, 6.07) is 4.47. The molecule has 0 aliphatic heterocycles. The lowest BCUT2D eigenvalue weighted by atomic mass is 10.0. The molecule has 90 valence electrons. The fourth-order valence-electron chi connectivity index (χ4n) is 1.66. The maximum absolute atomic E-state index is 13.6. The number of hydrazine groups is 1. The van der Waals surface area contributed by atoms with Crippen LogP contribution in [-0.4, -0.2) is 9.78 Å². The van der Waals surface area contributed by atoms with Crippen LogP contribution in [0.1, 0.15) is 17.3 Å². The number of rotatable bonds is 3. The van der Waals surface area contributed by atoms with Gasteiger partial charge in [0, 0.05) is 24.9 Å². The minimum Gasteiger partial charge on any atom is -0.275 e. The number of aryl methyl sites for hydroxylation is 1. The Kier molecular flexibility index (Phi) is 3.16. The number of halogens is 2. The van der Waals surface area contributed by atoms with Crippen molar-refractivity contribution >= 4 is 0 Å². The lowest BCUT2D eigenvalue weighted by Crippen LogP contribution is -2.30. The van der Waals surface area contributed by atoms with Crippen LogP contribution in [0.3, 0.4) is 0 Å². The average molecular weight is 238 g/mol. The van der Waals surface area contributed by atoms with Crippen LogP contribution in [0.25, 0.3) is 0 Å². The van der Waals surface area contributed by atoms with Gasteiger partial charge in [0.2, 0.25) is 0 Å². The van der Waals surface area contributed by atoms with Crippen molar-refractivity contribution in [3.8, 4) is 0 Å². The van der Waals surface area contributed by atoms with Gasteiger partial charge in [-0.15, -0.1) is 0 Å². The maximum Gasteiger partial charge on any atom is 0.131 e. The number of nitrogens with zero attached hydrogens (tertiary/aromatic N) is 2. The van der Waals surface area contributed by atoms with Crippen LogP contribution in [0, 0.1) is 11.6 Å². The first-order chi connectivity index (χ1) is 8.11. The molecule has 0 aliphatic carbocycles. The molecule has 0 fully saturated rings. The van der Waals surface area contributed by atoms with Crippen LogP contribution in [0.4, 0.5) is 8.78 Å². The van der Waals surface area contributed by atoms with E-state index < -0.39 is 17.7 Å². The van der Waals surface area contributed by atoms with E-state index in [9.17, 15) is 8.78 Å². The molecule has 3 N–H and O–H groups in total. The Morgan fingerprint density at radius 2 is 2.12 bits per heavy atom. The van der Waals surface area contributed by atoms with Gasteiger partial charge in [0.25, 0.3) is 0 Å². The number of nitrogens with two attached hydrogens (primary N) is 1. The predicted molar refractivity (Wildman–Crippen MR) is 58.7 cm³/mol. The molecule has 0 saturated heterocycles. The zero-order valence-corrected chi connectivity index (χ0v) is 9.19.